The van der Waals surface area contributed by atoms with Crippen LogP contribution in [0.15, 0.2) is 54.7 Å². The van der Waals surface area contributed by atoms with E-state index in [0.29, 0.717) is 12.8 Å². The van der Waals surface area contributed by atoms with E-state index in [1.165, 1.54) is 0 Å². The van der Waals surface area contributed by atoms with Gasteiger partial charge >= 0.3 is 12.1 Å². The fourth-order valence-electron chi connectivity index (χ4n) is 3.37. The number of esters is 1. The molecule has 2 aromatic rings. The Bertz CT molecular complexity index is 942. The van der Waals surface area contributed by atoms with E-state index in [-0.39, 0.29) is 18.9 Å². The van der Waals surface area contributed by atoms with Crippen molar-refractivity contribution in [2.45, 2.75) is 71.6 Å². The number of nitrogens with zero attached hydrogens (tertiary/aromatic N) is 1. The van der Waals surface area contributed by atoms with Crippen LogP contribution < -0.4 is 10.6 Å². The Labute approximate surface area is 207 Å². The molecule has 1 aromatic carbocycles. The molecule has 2 amide bonds. The Morgan fingerprint density at radius 1 is 0.943 bits per heavy atom. The van der Waals surface area contributed by atoms with Crippen molar-refractivity contribution < 1.29 is 23.9 Å². The number of carbonyl (C=O) groups excluding carboxylic acids is 3. The molecule has 2 N–H and O–H groups in total. The van der Waals surface area contributed by atoms with Crippen molar-refractivity contribution in [1.82, 2.24) is 15.6 Å². The van der Waals surface area contributed by atoms with Crippen LogP contribution in [-0.2, 0) is 31.9 Å². The van der Waals surface area contributed by atoms with E-state index in [9.17, 15) is 14.4 Å². The van der Waals surface area contributed by atoms with Gasteiger partial charge in [0.1, 0.15) is 17.7 Å². The van der Waals surface area contributed by atoms with Crippen LogP contribution >= 0.6 is 0 Å². The van der Waals surface area contributed by atoms with Crippen molar-refractivity contribution in [3.63, 3.8) is 0 Å². The van der Waals surface area contributed by atoms with Crippen LogP contribution in [0.25, 0.3) is 0 Å². The minimum Gasteiger partial charge on any atom is -0.458 e. The Morgan fingerprint density at radius 2 is 1.63 bits per heavy atom. The summed E-state index contributed by atoms with van der Waals surface area (Å²) in [6.07, 6.45) is 2.10. The predicted molar refractivity (Wildman–Crippen MR) is 134 cm³/mol. The fraction of sp³-hybridized carbons (Fsp3) is 0.481. The first kappa shape index (κ1) is 27.8. The van der Waals surface area contributed by atoms with Crippen molar-refractivity contribution in [1.29, 1.82) is 0 Å². The number of benzene rings is 1. The van der Waals surface area contributed by atoms with Gasteiger partial charge in [-0.2, -0.15) is 0 Å². The molecule has 35 heavy (non-hydrogen) atoms. The molecule has 2 rings (SSSR count). The molecule has 1 heterocycles. The number of aromatic nitrogens is 1. The topological polar surface area (TPSA) is 107 Å². The summed E-state index contributed by atoms with van der Waals surface area (Å²) in [5.41, 5.74) is 0.980. The SMILES string of the molecule is CC(C)C[C@@H](NC(=O)OCCc1ccccn1)C(=O)N[C@@H](Cc1ccccc1)C(=O)OC(C)(C)C. The summed E-state index contributed by atoms with van der Waals surface area (Å²) >= 11 is 0. The minimum absolute atomic E-state index is 0.119. The highest BCUT2D eigenvalue weighted by Crippen LogP contribution is 2.13. The van der Waals surface area contributed by atoms with E-state index in [4.69, 9.17) is 9.47 Å². The molecule has 0 unspecified atom stereocenters. The summed E-state index contributed by atoms with van der Waals surface area (Å²) in [4.78, 5) is 42.7. The Hall–Kier alpha value is -3.42. The van der Waals surface area contributed by atoms with Gasteiger partial charge < -0.3 is 20.1 Å². The Kier molecular flexibility index (Phi) is 10.7. The number of amides is 2. The number of rotatable bonds is 11. The monoisotopic (exact) mass is 483 g/mol. The molecule has 0 bridgehead atoms. The molecule has 2 atom stereocenters. The molecule has 0 aliphatic rings. The van der Waals surface area contributed by atoms with Crippen LogP contribution in [0.2, 0.25) is 0 Å². The molecular weight excluding hydrogens is 446 g/mol. The third-order valence-electron chi connectivity index (χ3n) is 4.92. The zero-order valence-corrected chi connectivity index (χ0v) is 21.2. The Morgan fingerprint density at radius 3 is 2.23 bits per heavy atom. The Balaban J connectivity index is 2.04. The fourth-order valence-corrected chi connectivity index (χ4v) is 3.37. The van der Waals surface area contributed by atoms with Crippen LogP contribution in [0.5, 0.6) is 0 Å². The molecule has 0 saturated carbocycles. The van der Waals surface area contributed by atoms with E-state index in [0.717, 1.165) is 11.3 Å². The largest absolute Gasteiger partial charge is 0.458 e. The van der Waals surface area contributed by atoms with Gasteiger partial charge in [0.25, 0.3) is 0 Å². The van der Waals surface area contributed by atoms with Crippen molar-refractivity contribution in [2.75, 3.05) is 6.61 Å². The van der Waals surface area contributed by atoms with E-state index >= 15 is 0 Å². The van der Waals surface area contributed by atoms with Gasteiger partial charge in [-0.05, 0) is 50.8 Å². The van der Waals surface area contributed by atoms with E-state index < -0.39 is 35.7 Å². The quantitative estimate of drug-likeness (QED) is 0.471. The first-order chi connectivity index (χ1) is 16.5. The third-order valence-corrected chi connectivity index (χ3v) is 4.92. The van der Waals surface area contributed by atoms with Gasteiger partial charge in [0.2, 0.25) is 5.91 Å². The molecule has 1 aromatic heterocycles. The normalized spacial score (nSPS) is 13.0. The number of carbonyl (C=O) groups is 3. The second kappa shape index (κ2) is 13.5. The summed E-state index contributed by atoms with van der Waals surface area (Å²) in [6, 6.07) is 13.1. The van der Waals surface area contributed by atoms with E-state index in [1.807, 2.05) is 62.4 Å². The molecule has 190 valence electrons. The van der Waals surface area contributed by atoms with Gasteiger partial charge in [-0.1, -0.05) is 50.2 Å². The third kappa shape index (κ3) is 11.0. The molecular formula is C27H37N3O5. The van der Waals surface area contributed by atoms with Crippen LogP contribution in [-0.4, -0.2) is 47.2 Å². The first-order valence-electron chi connectivity index (χ1n) is 11.9. The number of alkyl carbamates (subject to hydrolysis) is 1. The molecule has 0 radical (unpaired) electrons. The van der Waals surface area contributed by atoms with Crippen LogP contribution in [0.3, 0.4) is 0 Å². The van der Waals surface area contributed by atoms with Gasteiger partial charge in [-0.15, -0.1) is 0 Å². The highest BCUT2D eigenvalue weighted by molar-refractivity contribution is 5.89. The molecule has 0 spiro atoms. The molecule has 0 fully saturated rings. The van der Waals surface area contributed by atoms with Crippen molar-refractivity contribution >= 4 is 18.0 Å². The smallest absolute Gasteiger partial charge is 0.407 e. The van der Waals surface area contributed by atoms with Gasteiger partial charge in [-0.25, -0.2) is 9.59 Å². The molecule has 0 aliphatic heterocycles. The van der Waals surface area contributed by atoms with Crippen LogP contribution in [0.4, 0.5) is 4.79 Å². The maximum Gasteiger partial charge on any atom is 0.407 e. The maximum absolute atomic E-state index is 13.2. The number of hydrogen-bond donors (Lipinski definition) is 2. The van der Waals surface area contributed by atoms with Crippen molar-refractivity contribution in [2.24, 2.45) is 5.92 Å². The second-order valence-corrected chi connectivity index (χ2v) is 9.82. The first-order valence-corrected chi connectivity index (χ1v) is 11.9. The zero-order valence-electron chi connectivity index (χ0n) is 21.2. The molecule has 8 nitrogen and oxygen atoms in total. The van der Waals surface area contributed by atoms with Crippen LogP contribution in [0, 0.1) is 5.92 Å². The average Bonchev–Trinajstić information content (AvgIpc) is 2.78. The minimum atomic E-state index is -0.902. The van der Waals surface area contributed by atoms with Gasteiger partial charge in [0, 0.05) is 24.7 Å². The number of hydrogen-bond acceptors (Lipinski definition) is 6. The highest BCUT2D eigenvalue weighted by atomic mass is 16.6. The van der Waals surface area contributed by atoms with Gasteiger partial charge in [-0.3, -0.25) is 9.78 Å². The molecule has 0 saturated heterocycles. The predicted octanol–water partition coefficient (Wildman–Crippen LogP) is 3.83. The number of ether oxygens (including phenoxy) is 2. The second-order valence-electron chi connectivity index (χ2n) is 9.82. The zero-order chi connectivity index (χ0) is 25.8. The average molecular weight is 484 g/mol. The lowest BCUT2D eigenvalue weighted by atomic mass is 10.0. The summed E-state index contributed by atoms with van der Waals surface area (Å²) in [5.74, 6) is -0.878. The lowest BCUT2D eigenvalue weighted by Crippen LogP contribution is -2.53. The highest BCUT2D eigenvalue weighted by Gasteiger charge is 2.30. The summed E-state index contributed by atoms with van der Waals surface area (Å²) in [6.45, 7) is 9.35. The van der Waals surface area contributed by atoms with E-state index in [2.05, 4.69) is 15.6 Å². The standard InChI is InChI=1S/C27H37N3O5/c1-19(2)17-22(30-26(33)34-16-14-21-13-9-10-15-28-21)24(31)29-23(25(32)35-27(3,4)5)18-20-11-7-6-8-12-20/h6-13,15,19,22-23H,14,16-18H2,1-5H3,(H,29,31)(H,30,33)/t22-,23+/m1/s1. The van der Waals surface area contributed by atoms with Crippen LogP contribution in [0.1, 0.15) is 52.3 Å². The van der Waals surface area contributed by atoms with Gasteiger partial charge in [0.05, 0.1) is 6.61 Å². The number of nitrogens with one attached hydrogen (secondary N) is 2. The lowest BCUT2D eigenvalue weighted by Gasteiger charge is -2.27. The number of pyridine rings is 1. The summed E-state index contributed by atoms with van der Waals surface area (Å²) in [5, 5.41) is 5.43. The van der Waals surface area contributed by atoms with Crippen molar-refractivity contribution in [3.05, 3.63) is 66.0 Å². The van der Waals surface area contributed by atoms with Gasteiger partial charge in [0.15, 0.2) is 0 Å². The van der Waals surface area contributed by atoms with E-state index in [1.54, 1.807) is 27.0 Å². The summed E-state index contributed by atoms with van der Waals surface area (Å²) < 4.78 is 10.8. The lowest BCUT2D eigenvalue weighted by molar-refractivity contribution is -0.158. The molecule has 8 heteroatoms. The summed E-state index contributed by atoms with van der Waals surface area (Å²) in [7, 11) is 0. The van der Waals surface area contributed by atoms with Crippen molar-refractivity contribution in [3.8, 4) is 0 Å². The maximum atomic E-state index is 13.2. The molecule has 0 aliphatic carbocycles.